The van der Waals surface area contributed by atoms with E-state index in [9.17, 15) is 0 Å². The van der Waals surface area contributed by atoms with Crippen molar-refractivity contribution in [3.05, 3.63) is 29.0 Å². The zero-order valence-corrected chi connectivity index (χ0v) is 10.5. The molecule has 0 saturated heterocycles. The van der Waals surface area contributed by atoms with Crippen molar-refractivity contribution in [3.63, 3.8) is 0 Å². The molecule has 0 fully saturated rings. The van der Waals surface area contributed by atoms with Gasteiger partial charge in [0.15, 0.2) is 0 Å². The van der Waals surface area contributed by atoms with Crippen LogP contribution >= 0.6 is 11.6 Å². The van der Waals surface area contributed by atoms with Crippen LogP contribution in [0.2, 0.25) is 5.02 Å². The molecule has 0 aliphatic carbocycles. The van der Waals surface area contributed by atoms with E-state index in [-0.39, 0.29) is 0 Å². The van der Waals surface area contributed by atoms with E-state index in [1.165, 1.54) is 0 Å². The Morgan fingerprint density at radius 3 is 2.81 bits per heavy atom. The van der Waals surface area contributed by atoms with Crippen molar-refractivity contribution in [1.82, 2.24) is 14.9 Å². The number of rotatable bonds is 3. The minimum absolute atomic E-state index is 0.325. The number of imidazole rings is 1. The minimum Gasteiger partial charge on any atom is -0.341 e. The Balaban J connectivity index is 2.45. The highest BCUT2D eigenvalue weighted by atomic mass is 35.5. The lowest BCUT2D eigenvalue weighted by Crippen LogP contribution is -2.20. The Labute approximate surface area is 100 Å². The number of aromatic nitrogens is 2. The Morgan fingerprint density at radius 2 is 2.19 bits per heavy atom. The second-order valence-corrected chi connectivity index (χ2v) is 4.61. The zero-order valence-electron chi connectivity index (χ0n) is 9.79. The summed E-state index contributed by atoms with van der Waals surface area (Å²) in [5.41, 5.74) is 1.97. The Kier molecular flexibility index (Phi) is 3.17. The zero-order chi connectivity index (χ0) is 11.7. The number of nitrogens with zero attached hydrogens (tertiary/aromatic N) is 2. The van der Waals surface area contributed by atoms with E-state index in [0.717, 1.165) is 28.3 Å². The molecule has 1 aromatic heterocycles. The highest BCUT2D eigenvalue weighted by molar-refractivity contribution is 6.31. The van der Waals surface area contributed by atoms with Crippen molar-refractivity contribution in [1.29, 1.82) is 0 Å². The van der Waals surface area contributed by atoms with Crippen molar-refractivity contribution in [2.45, 2.75) is 19.4 Å². The van der Waals surface area contributed by atoms with Gasteiger partial charge in [-0.1, -0.05) is 18.5 Å². The minimum atomic E-state index is 0.325. The average molecular weight is 238 g/mol. The molecule has 0 aliphatic rings. The predicted octanol–water partition coefficient (Wildman–Crippen LogP) is 3.23. The summed E-state index contributed by atoms with van der Waals surface area (Å²) in [6.45, 7) is 2.16. The molecule has 1 atom stereocenters. The third-order valence-corrected chi connectivity index (χ3v) is 3.02. The van der Waals surface area contributed by atoms with Crippen LogP contribution in [0, 0.1) is 0 Å². The Bertz CT molecular complexity index is 490. The topological polar surface area (TPSA) is 31.9 Å². The van der Waals surface area contributed by atoms with E-state index in [4.69, 9.17) is 11.6 Å². The number of nitrogens with one attached hydrogen (secondary N) is 1. The van der Waals surface area contributed by atoms with Gasteiger partial charge in [0.2, 0.25) is 0 Å². The molecule has 1 heterocycles. The molecule has 0 saturated carbocycles. The molecule has 1 aromatic carbocycles. The van der Waals surface area contributed by atoms with Gasteiger partial charge in [-0.2, -0.15) is 0 Å². The van der Waals surface area contributed by atoms with Gasteiger partial charge in [-0.05, 0) is 38.7 Å². The molecule has 0 aliphatic heterocycles. The number of fused-ring (bicyclic) bond motifs is 1. The van der Waals surface area contributed by atoms with Crippen LogP contribution in [-0.4, -0.2) is 29.0 Å². The summed E-state index contributed by atoms with van der Waals surface area (Å²) in [6.07, 6.45) is 1.03. The number of hydrogen-bond acceptors (Lipinski definition) is 2. The van der Waals surface area contributed by atoms with Gasteiger partial charge in [-0.15, -0.1) is 0 Å². The molecule has 0 bridgehead atoms. The van der Waals surface area contributed by atoms with E-state index in [0.29, 0.717) is 6.04 Å². The van der Waals surface area contributed by atoms with Crippen LogP contribution in [0.4, 0.5) is 0 Å². The number of aromatic amines is 1. The van der Waals surface area contributed by atoms with E-state index in [2.05, 4.69) is 35.9 Å². The fourth-order valence-electron chi connectivity index (χ4n) is 1.96. The highest BCUT2D eigenvalue weighted by Gasteiger charge is 2.15. The number of halogens is 1. The molecular formula is C12H16ClN3. The van der Waals surface area contributed by atoms with Crippen LogP contribution in [0.3, 0.4) is 0 Å². The quantitative estimate of drug-likeness (QED) is 0.889. The molecule has 0 radical (unpaired) electrons. The molecule has 1 unspecified atom stereocenters. The molecule has 2 rings (SSSR count). The summed E-state index contributed by atoms with van der Waals surface area (Å²) in [5, 5.41) is 0.737. The first-order valence-corrected chi connectivity index (χ1v) is 5.81. The van der Waals surface area contributed by atoms with Gasteiger partial charge in [0.1, 0.15) is 5.82 Å². The van der Waals surface area contributed by atoms with Crippen LogP contribution in [0.5, 0.6) is 0 Å². The van der Waals surface area contributed by atoms with Crippen LogP contribution in [-0.2, 0) is 0 Å². The second kappa shape index (κ2) is 4.44. The van der Waals surface area contributed by atoms with Gasteiger partial charge in [0.25, 0.3) is 0 Å². The van der Waals surface area contributed by atoms with Gasteiger partial charge in [-0.25, -0.2) is 4.98 Å². The summed E-state index contributed by atoms with van der Waals surface area (Å²) in [5.74, 6) is 1.00. The summed E-state index contributed by atoms with van der Waals surface area (Å²) < 4.78 is 0. The number of hydrogen-bond donors (Lipinski definition) is 1. The van der Waals surface area contributed by atoms with Crippen molar-refractivity contribution in [3.8, 4) is 0 Å². The lowest BCUT2D eigenvalue weighted by molar-refractivity contribution is 0.282. The largest absolute Gasteiger partial charge is 0.341 e. The van der Waals surface area contributed by atoms with E-state index in [1.54, 1.807) is 0 Å². The molecule has 0 spiro atoms. The molecule has 2 aromatic rings. The first-order chi connectivity index (χ1) is 7.61. The van der Waals surface area contributed by atoms with E-state index < -0.39 is 0 Å². The van der Waals surface area contributed by atoms with Gasteiger partial charge >= 0.3 is 0 Å². The molecule has 86 valence electrons. The van der Waals surface area contributed by atoms with Gasteiger partial charge in [0, 0.05) is 5.02 Å². The molecule has 4 heteroatoms. The highest BCUT2D eigenvalue weighted by Crippen LogP contribution is 2.23. The first-order valence-electron chi connectivity index (χ1n) is 5.43. The molecular weight excluding hydrogens is 222 g/mol. The van der Waals surface area contributed by atoms with E-state index in [1.807, 2.05) is 18.2 Å². The van der Waals surface area contributed by atoms with Crippen molar-refractivity contribution in [2.75, 3.05) is 14.1 Å². The van der Waals surface area contributed by atoms with Crippen LogP contribution in [0.25, 0.3) is 11.0 Å². The smallest absolute Gasteiger partial charge is 0.124 e. The number of benzene rings is 1. The standard InChI is InChI=1S/C12H16ClN3/c1-4-11(16(2)3)12-14-9-6-5-8(13)7-10(9)15-12/h5-7,11H,4H2,1-3H3,(H,14,15). The summed E-state index contributed by atoms with van der Waals surface area (Å²) in [4.78, 5) is 10.1. The molecule has 16 heavy (non-hydrogen) atoms. The average Bonchev–Trinajstić information content (AvgIpc) is 2.60. The lowest BCUT2D eigenvalue weighted by Gasteiger charge is -2.20. The van der Waals surface area contributed by atoms with Crippen LogP contribution in [0.15, 0.2) is 18.2 Å². The summed E-state index contributed by atoms with van der Waals surface area (Å²) in [7, 11) is 4.13. The molecule has 1 N–H and O–H groups in total. The first kappa shape index (κ1) is 11.4. The van der Waals surface area contributed by atoms with Gasteiger partial charge < -0.3 is 4.98 Å². The summed E-state index contributed by atoms with van der Waals surface area (Å²) >= 11 is 5.95. The SMILES string of the molecule is CCC(c1nc2ccc(Cl)cc2[nH]1)N(C)C. The van der Waals surface area contributed by atoms with Gasteiger partial charge in [0.05, 0.1) is 17.1 Å². The van der Waals surface area contributed by atoms with Crippen LogP contribution < -0.4 is 0 Å². The normalized spacial score (nSPS) is 13.6. The summed E-state index contributed by atoms with van der Waals surface area (Å²) in [6, 6.07) is 6.05. The molecule has 0 amide bonds. The predicted molar refractivity (Wildman–Crippen MR) is 67.8 cm³/mol. The monoisotopic (exact) mass is 237 g/mol. The number of H-pyrrole nitrogens is 1. The van der Waals surface area contributed by atoms with Crippen molar-refractivity contribution < 1.29 is 0 Å². The third kappa shape index (κ3) is 2.06. The Morgan fingerprint density at radius 1 is 1.44 bits per heavy atom. The van der Waals surface area contributed by atoms with Crippen LogP contribution in [0.1, 0.15) is 25.2 Å². The third-order valence-electron chi connectivity index (χ3n) is 2.79. The Hall–Kier alpha value is -1.06. The fraction of sp³-hybridized carbons (Fsp3) is 0.417. The second-order valence-electron chi connectivity index (χ2n) is 4.17. The van der Waals surface area contributed by atoms with Crippen molar-refractivity contribution >= 4 is 22.6 Å². The maximum absolute atomic E-state index is 5.95. The molecule has 3 nitrogen and oxygen atoms in total. The van der Waals surface area contributed by atoms with E-state index >= 15 is 0 Å². The maximum Gasteiger partial charge on any atom is 0.124 e. The fourth-order valence-corrected chi connectivity index (χ4v) is 2.13. The maximum atomic E-state index is 5.95. The van der Waals surface area contributed by atoms with Crippen molar-refractivity contribution in [2.24, 2.45) is 0 Å². The van der Waals surface area contributed by atoms with Gasteiger partial charge in [-0.3, -0.25) is 4.90 Å². The lowest BCUT2D eigenvalue weighted by atomic mass is 10.2.